The molecule has 0 saturated heterocycles. The Kier molecular flexibility index (Phi) is 5.23. The van der Waals surface area contributed by atoms with Crippen molar-refractivity contribution in [2.45, 2.75) is 20.4 Å². The van der Waals surface area contributed by atoms with E-state index in [0.29, 0.717) is 6.54 Å². The molecular formula is C17H21N3O4. The van der Waals surface area contributed by atoms with Gasteiger partial charge in [-0.15, -0.1) is 0 Å². The minimum Gasteiger partial charge on any atom is -0.486 e. The zero-order chi connectivity index (χ0) is 17.9. The summed E-state index contributed by atoms with van der Waals surface area (Å²) in [6, 6.07) is 7.94. The van der Waals surface area contributed by atoms with E-state index in [1.807, 2.05) is 31.2 Å². The molecule has 0 aliphatic carbocycles. The van der Waals surface area contributed by atoms with Crippen molar-refractivity contribution in [3.8, 4) is 5.75 Å². The minimum absolute atomic E-state index is 0.190. The van der Waals surface area contributed by atoms with Crippen molar-refractivity contribution >= 4 is 11.9 Å². The maximum Gasteiger partial charge on any atom is 0.358 e. The topological polar surface area (TPSA) is 84.7 Å². The molecule has 0 spiro atoms. The first-order chi connectivity index (χ1) is 11.3. The Labute approximate surface area is 140 Å². The van der Waals surface area contributed by atoms with E-state index in [0.717, 1.165) is 11.1 Å². The molecule has 24 heavy (non-hydrogen) atoms. The fourth-order valence-corrected chi connectivity index (χ4v) is 2.49. The van der Waals surface area contributed by atoms with Crippen molar-refractivity contribution in [3.63, 3.8) is 0 Å². The van der Waals surface area contributed by atoms with Crippen molar-refractivity contribution < 1.29 is 14.6 Å². The number of aromatic nitrogens is 2. The fraction of sp³-hybridized carbons (Fsp3) is 0.353. The van der Waals surface area contributed by atoms with Gasteiger partial charge in [-0.3, -0.25) is 9.36 Å². The summed E-state index contributed by atoms with van der Waals surface area (Å²) in [4.78, 5) is 29.7. The molecule has 1 aromatic carbocycles. The Morgan fingerprint density at radius 3 is 2.71 bits per heavy atom. The summed E-state index contributed by atoms with van der Waals surface area (Å²) in [6.45, 7) is 4.37. The van der Waals surface area contributed by atoms with Gasteiger partial charge in [0, 0.05) is 20.6 Å². The Hall–Kier alpha value is -2.83. The number of benzene rings is 1. The monoisotopic (exact) mass is 331 g/mol. The summed E-state index contributed by atoms with van der Waals surface area (Å²) < 4.78 is 6.48. The second-order valence-electron chi connectivity index (χ2n) is 5.54. The minimum atomic E-state index is -1.29. The maximum atomic E-state index is 12.4. The van der Waals surface area contributed by atoms with E-state index in [1.165, 1.54) is 4.57 Å². The summed E-state index contributed by atoms with van der Waals surface area (Å²) in [6.07, 6.45) is 0. The molecule has 0 amide bonds. The van der Waals surface area contributed by atoms with Crippen molar-refractivity contribution in [1.82, 2.24) is 9.55 Å². The molecule has 0 aliphatic heterocycles. The van der Waals surface area contributed by atoms with Crippen LogP contribution in [0.25, 0.3) is 0 Å². The molecule has 0 aliphatic rings. The smallest absolute Gasteiger partial charge is 0.358 e. The number of aryl methyl sites for hydroxylation is 1. The second kappa shape index (κ2) is 7.16. The number of carboxylic acid groups (broad SMARTS) is 1. The molecule has 0 radical (unpaired) electrons. The lowest BCUT2D eigenvalue weighted by atomic mass is 10.1. The molecule has 0 unspecified atom stereocenters. The number of hydrogen-bond donors (Lipinski definition) is 1. The van der Waals surface area contributed by atoms with Crippen molar-refractivity contribution in [1.29, 1.82) is 0 Å². The Balaban J connectivity index is 2.46. The number of carbonyl (C=O) groups is 1. The van der Waals surface area contributed by atoms with Crippen LogP contribution in [0.1, 0.15) is 28.5 Å². The molecule has 128 valence electrons. The summed E-state index contributed by atoms with van der Waals surface area (Å²) >= 11 is 0. The Bertz CT molecular complexity index is 814. The number of anilines is 1. The van der Waals surface area contributed by atoms with Gasteiger partial charge in [-0.25, -0.2) is 9.78 Å². The average molecular weight is 331 g/mol. The van der Waals surface area contributed by atoms with Gasteiger partial charge >= 0.3 is 5.97 Å². The standard InChI is InChI=1S/C17H21N3O4/c1-5-24-14-13(16(22)23)18-17(20(4)15(14)21)19(3)10-12-8-6-7-11(2)9-12/h6-9H,5,10H2,1-4H3,(H,22,23). The quantitative estimate of drug-likeness (QED) is 0.869. The Morgan fingerprint density at radius 2 is 2.12 bits per heavy atom. The molecule has 7 heteroatoms. The highest BCUT2D eigenvalue weighted by atomic mass is 16.5. The van der Waals surface area contributed by atoms with Crippen LogP contribution in [0, 0.1) is 6.92 Å². The zero-order valence-corrected chi connectivity index (χ0v) is 14.2. The number of nitrogens with zero attached hydrogens (tertiary/aromatic N) is 3. The first-order valence-corrected chi connectivity index (χ1v) is 7.59. The van der Waals surface area contributed by atoms with Crippen molar-refractivity contribution in [3.05, 3.63) is 51.4 Å². The number of rotatable bonds is 6. The van der Waals surface area contributed by atoms with Crippen LogP contribution in [0.5, 0.6) is 5.75 Å². The maximum absolute atomic E-state index is 12.4. The van der Waals surface area contributed by atoms with E-state index < -0.39 is 11.5 Å². The van der Waals surface area contributed by atoms with E-state index in [9.17, 15) is 14.7 Å². The van der Waals surface area contributed by atoms with Gasteiger partial charge in [-0.05, 0) is 19.4 Å². The van der Waals surface area contributed by atoms with E-state index in [4.69, 9.17) is 4.74 Å². The number of hydrogen-bond acceptors (Lipinski definition) is 5. The van der Waals surface area contributed by atoms with Gasteiger partial charge in [0.05, 0.1) is 6.61 Å². The predicted octanol–water partition coefficient (Wildman–Crippen LogP) is 1.82. The van der Waals surface area contributed by atoms with Crippen LogP contribution in [-0.2, 0) is 13.6 Å². The Morgan fingerprint density at radius 1 is 1.42 bits per heavy atom. The van der Waals surface area contributed by atoms with Gasteiger partial charge in [-0.1, -0.05) is 29.8 Å². The van der Waals surface area contributed by atoms with Gasteiger partial charge < -0.3 is 14.7 Å². The van der Waals surface area contributed by atoms with Gasteiger partial charge in [0.2, 0.25) is 11.7 Å². The third-order valence-corrected chi connectivity index (χ3v) is 3.56. The zero-order valence-electron chi connectivity index (χ0n) is 14.2. The largest absolute Gasteiger partial charge is 0.486 e. The highest BCUT2D eigenvalue weighted by Crippen LogP contribution is 2.18. The van der Waals surface area contributed by atoms with Crippen LogP contribution in [0.2, 0.25) is 0 Å². The van der Waals surface area contributed by atoms with Crippen LogP contribution in [0.15, 0.2) is 29.1 Å². The molecule has 1 aromatic heterocycles. The molecule has 0 bridgehead atoms. The van der Waals surface area contributed by atoms with Crippen LogP contribution in [0.3, 0.4) is 0 Å². The number of carboxylic acids is 1. The third kappa shape index (κ3) is 3.56. The van der Waals surface area contributed by atoms with Crippen LogP contribution in [0.4, 0.5) is 5.95 Å². The summed E-state index contributed by atoms with van der Waals surface area (Å²) in [7, 11) is 3.31. The molecule has 7 nitrogen and oxygen atoms in total. The number of ether oxygens (including phenoxy) is 1. The third-order valence-electron chi connectivity index (χ3n) is 3.56. The van der Waals surface area contributed by atoms with Crippen molar-refractivity contribution in [2.24, 2.45) is 7.05 Å². The lowest BCUT2D eigenvalue weighted by molar-refractivity contribution is 0.0685. The highest BCUT2D eigenvalue weighted by Gasteiger charge is 2.22. The van der Waals surface area contributed by atoms with Crippen molar-refractivity contribution in [2.75, 3.05) is 18.6 Å². The SMILES string of the molecule is CCOc1c(C(=O)O)nc(N(C)Cc2cccc(C)c2)n(C)c1=O. The second-order valence-corrected chi connectivity index (χ2v) is 5.54. The summed E-state index contributed by atoms with van der Waals surface area (Å²) in [5.41, 5.74) is 1.28. The average Bonchev–Trinajstić information content (AvgIpc) is 2.51. The molecule has 2 rings (SSSR count). The van der Waals surface area contributed by atoms with E-state index >= 15 is 0 Å². The van der Waals surface area contributed by atoms with Gasteiger partial charge in [0.25, 0.3) is 5.56 Å². The molecule has 1 N–H and O–H groups in total. The van der Waals surface area contributed by atoms with Gasteiger partial charge in [0.15, 0.2) is 5.69 Å². The lowest BCUT2D eigenvalue weighted by Gasteiger charge is -2.22. The van der Waals surface area contributed by atoms with E-state index in [1.54, 1.807) is 25.9 Å². The molecule has 0 atom stereocenters. The van der Waals surface area contributed by atoms with Gasteiger partial charge in [0.1, 0.15) is 0 Å². The lowest BCUT2D eigenvalue weighted by Crippen LogP contribution is -2.31. The normalized spacial score (nSPS) is 10.5. The molecule has 0 fully saturated rings. The van der Waals surface area contributed by atoms with E-state index in [-0.39, 0.29) is 24.0 Å². The summed E-state index contributed by atoms with van der Waals surface area (Å²) in [5.74, 6) is -1.26. The molecule has 0 saturated carbocycles. The molecular weight excluding hydrogens is 310 g/mol. The molecule has 1 heterocycles. The first kappa shape index (κ1) is 17.5. The fourth-order valence-electron chi connectivity index (χ4n) is 2.49. The highest BCUT2D eigenvalue weighted by molar-refractivity contribution is 5.88. The summed E-state index contributed by atoms with van der Waals surface area (Å²) in [5, 5.41) is 9.33. The van der Waals surface area contributed by atoms with E-state index in [2.05, 4.69) is 4.98 Å². The van der Waals surface area contributed by atoms with Crippen LogP contribution >= 0.6 is 0 Å². The number of aromatic carboxylic acids is 1. The van der Waals surface area contributed by atoms with Crippen LogP contribution < -0.4 is 15.2 Å². The van der Waals surface area contributed by atoms with Crippen LogP contribution in [-0.4, -0.2) is 34.3 Å². The molecule has 2 aromatic rings. The van der Waals surface area contributed by atoms with Gasteiger partial charge in [-0.2, -0.15) is 0 Å². The first-order valence-electron chi connectivity index (χ1n) is 7.59. The predicted molar refractivity (Wildman–Crippen MR) is 90.9 cm³/mol.